The highest BCUT2D eigenvalue weighted by Gasteiger charge is 1.99. The van der Waals surface area contributed by atoms with Crippen molar-refractivity contribution in [2.75, 3.05) is 0 Å². The molecule has 0 saturated carbocycles. The SMILES string of the molecule is O=C(O)c1ccccccco1. The highest BCUT2D eigenvalue weighted by molar-refractivity contribution is 5.83. The van der Waals surface area contributed by atoms with Gasteiger partial charge in [0.25, 0.3) is 0 Å². The third-order valence-corrected chi connectivity index (χ3v) is 1.18. The van der Waals surface area contributed by atoms with E-state index in [4.69, 9.17) is 9.52 Å². The lowest BCUT2D eigenvalue weighted by Gasteiger charge is -1.84. The number of carboxylic acids is 1. The molecule has 0 aliphatic rings. The van der Waals surface area contributed by atoms with E-state index in [1.165, 1.54) is 12.3 Å². The Morgan fingerprint density at radius 2 is 1.83 bits per heavy atom. The smallest absolute Gasteiger partial charge is 0.371 e. The van der Waals surface area contributed by atoms with E-state index in [9.17, 15) is 4.79 Å². The molecule has 1 aromatic heterocycles. The van der Waals surface area contributed by atoms with Crippen LogP contribution in [-0.4, -0.2) is 11.1 Å². The Bertz CT molecular complexity index is 289. The van der Waals surface area contributed by atoms with Gasteiger partial charge in [0.1, 0.15) is 0 Å². The molecule has 0 fully saturated rings. The molecule has 0 bridgehead atoms. The Hall–Kier alpha value is -1.77. The summed E-state index contributed by atoms with van der Waals surface area (Å²) in [6, 6.07) is 9.86. The fourth-order valence-corrected chi connectivity index (χ4v) is 0.654. The van der Waals surface area contributed by atoms with Gasteiger partial charge in [0.2, 0.25) is 5.76 Å². The van der Waals surface area contributed by atoms with E-state index in [2.05, 4.69) is 0 Å². The zero-order valence-electron chi connectivity index (χ0n) is 6.31. The Morgan fingerprint density at radius 1 is 1.17 bits per heavy atom. The lowest BCUT2D eigenvalue weighted by Crippen LogP contribution is -1.92. The van der Waals surface area contributed by atoms with Crippen LogP contribution in [0.3, 0.4) is 0 Å². The van der Waals surface area contributed by atoms with Gasteiger partial charge in [-0.2, -0.15) is 0 Å². The van der Waals surface area contributed by atoms with E-state index in [-0.39, 0.29) is 5.76 Å². The highest BCUT2D eigenvalue weighted by atomic mass is 16.4. The molecular weight excluding hydrogens is 156 g/mol. The quantitative estimate of drug-likeness (QED) is 0.691. The summed E-state index contributed by atoms with van der Waals surface area (Å²) in [5.41, 5.74) is 0. The maximum absolute atomic E-state index is 10.5. The summed E-state index contributed by atoms with van der Waals surface area (Å²) in [6.07, 6.45) is 1.32. The fourth-order valence-electron chi connectivity index (χ4n) is 0.654. The van der Waals surface area contributed by atoms with Crippen molar-refractivity contribution in [3.8, 4) is 0 Å². The molecule has 1 aromatic rings. The number of rotatable bonds is 1. The van der Waals surface area contributed by atoms with Crippen molar-refractivity contribution in [2.45, 2.75) is 0 Å². The third-order valence-electron chi connectivity index (χ3n) is 1.18. The zero-order valence-corrected chi connectivity index (χ0v) is 6.31. The average Bonchev–Trinajstić information content (AvgIpc) is 2.15. The molecule has 0 saturated heterocycles. The second-order valence-corrected chi connectivity index (χ2v) is 2.05. The lowest BCUT2D eigenvalue weighted by atomic mass is 10.4. The van der Waals surface area contributed by atoms with Gasteiger partial charge in [-0.3, -0.25) is 0 Å². The van der Waals surface area contributed by atoms with Gasteiger partial charge < -0.3 is 9.52 Å². The molecule has 1 N–H and O–H groups in total. The van der Waals surface area contributed by atoms with Crippen LogP contribution >= 0.6 is 0 Å². The van der Waals surface area contributed by atoms with Crippen LogP contribution in [0.5, 0.6) is 0 Å². The molecule has 0 aliphatic carbocycles. The van der Waals surface area contributed by atoms with Crippen LogP contribution in [0.25, 0.3) is 0 Å². The molecular formula is C9H8O3. The van der Waals surface area contributed by atoms with Gasteiger partial charge in [-0.15, -0.1) is 0 Å². The largest absolute Gasteiger partial charge is 0.475 e. The lowest BCUT2D eigenvalue weighted by molar-refractivity contribution is 0.0660. The summed E-state index contributed by atoms with van der Waals surface area (Å²) in [4.78, 5) is 10.5. The van der Waals surface area contributed by atoms with Crippen molar-refractivity contribution >= 4 is 5.97 Å². The average molecular weight is 164 g/mol. The monoisotopic (exact) mass is 164 g/mol. The predicted octanol–water partition coefficient (Wildman–Crippen LogP) is 2.10. The van der Waals surface area contributed by atoms with Gasteiger partial charge in [-0.1, -0.05) is 24.3 Å². The van der Waals surface area contributed by atoms with Crippen LogP contribution in [-0.2, 0) is 0 Å². The maximum Gasteiger partial charge on any atom is 0.371 e. The van der Waals surface area contributed by atoms with Gasteiger partial charge in [0, 0.05) is 0 Å². The normalized spacial score (nSPS) is 8.67. The number of hydrogen-bond acceptors (Lipinski definition) is 2. The number of aromatic carboxylic acids is 1. The van der Waals surface area contributed by atoms with Crippen molar-refractivity contribution in [1.29, 1.82) is 0 Å². The number of hydrogen-bond donors (Lipinski definition) is 1. The molecule has 12 heavy (non-hydrogen) atoms. The van der Waals surface area contributed by atoms with Gasteiger partial charge in [0.05, 0.1) is 6.26 Å². The first-order valence-electron chi connectivity index (χ1n) is 3.41. The van der Waals surface area contributed by atoms with Gasteiger partial charge in [-0.05, 0) is 12.1 Å². The molecule has 1 heterocycles. The molecule has 3 heteroatoms. The van der Waals surface area contributed by atoms with E-state index in [1.807, 2.05) is 0 Å². The molecule has 0 aromatic carbocycles. The Balaban J connectivity index is 3.19. The molecule has 0 atom stereocenters. The van der Waals surface area contributed by atoms with Crippen molar-refractivity contribution in [3.05, 3.63) is 48.4 Å². The minimum Gasteiger partial charge on any atom is -0.475 e. The van der Waals surface area contributed by atoms with E-state index in [0.29, 0.717) is 0 Å². The van der Waals surface area contributed by atoms with E-state index < -0.39 is 5.97 Å². The van der Waals surface area contributed by atoms with Gasteiger partial charge in [-0.25, -0.2) is 4.79 Å². The summed E-state index contributed by atoms with van der Waals surface area (Å²) < 4.78 is 4.80. The molecule has 0 spiro atoms. The van der Waals surface area contributed by atoms with Gasteiger partial charge >= 0.3 is 5.97 Å². The van der Waals surface area contributed by atoms with Crippen molar-refractivity contribution in [1.82, 2.24) is 0 Å². The molecule has 0 unspecified atom stereocenters. The van der Waals surface area contributed by atoms with Crippen molar-refractivity contribution < 1.29 is 14.3 Å². The van der Waals surface area contributed by atoms with Crippen LogP contribution in [0.4, 0.5) is 0 Å². The maximum atomic E-state index is 10.5. The summed E-state index contributed by atoms with van der Waals surface area (Å²) in [5.74, 6) is -1.17. The van der Waals surface area contributed by atoms with E-state index in [1.54, 1.807) is 30.3 Å². The summed E-state index contributed by atoms with van der Waals surface area (Å²) >= 11 is 0. The van der Waals surface area contributed by atoms with Crippen LogP contribution < -0.4 is 0 Å². The molecule has 0 radical (unpaired) electrons. The van der Waals surface area contributed by atoms with Crippen LogP contribution in [0.15, 0.2) is 47.1 Å². The number of carboxylic acid groups (broad SMARTS) is 1. The van der Waals surface area contributed by atoms with E-state index >= 15 is 0 Å². The molecule has 0 amide bonds. The zero-order chi connectivity index (χ0) is 8.81. The summed E-state index contributed by atoms with van der Waals surface area (Å²) in [5, 5.41) is 8.57. The fraction of sp³-hybridized carbons (Fsp3) is 0. The molecule has 62 valence electrons. The first kappa shape index (κ1) is 8.33. The second-order valence-electron chi connectivity index (χ2n) is 2.05. The summed E-state index contributed by atoms with van der Waals surface area (Å²) in [7, 11) is 0. The predicted molar refractivity (Wildman–Crippen MR) is 43.3 cm³/mol. The van der Waals surface area contributed by atoms with Crippen LogP contribution in [0.1, 0.15) is 10.6 Å². The van der Waals surface area contributed by atoms with E-state index in [0.717, 1.165) is 0 Å². The van der Waals surface area contributed by atoms with Crippen molar-refractivity contribution in [3.63, 3.8) is 0 Å². The highest BCUT2D eigenvalue weighted by Crippen LogP contribution is 1.94. The minimum atomic E-state index is -1.08. The first-order valence-corrected chi connectivity index (χ1v) is 3.41. The standard InChI is InChI=1S/C9H8O3/c10-9(11)8-6-4-2-1-3-5-7-12-8/h1-7H,(H,10,11). The van der Waals surface area contributed by atoms with Gasteiger partial charge in [0.15, 0.2) is 0 Å². The summed E-state index contributed by atoms with van der Waals surface area (Å²) in [6.45, 7) is 0. The minimum absolute atomic E-state index is 0.0915. The van der Waals surface area contributed by atoms with Crippen LogP contribution in [0, 0.1) is 0 Å². The third kappa shape index (κ3) is 2.46. The Kier molecular flexibility index (Phi) is 2.90. The first-order chi connectivity index (χ1) is 5.80. The molecule has 0 aliphatic heterocycles. The topological polar surface area (TPSA) is 50.4 Å². The second kappa shape index (κ2) is 4.18. The Morgan fingerprint density at radius 3 is 2.58 bits per heavy atom. The molecule has 3 nitrogen and oxygen atoms in total. The van der Waals surface area contributed by atoms with Crippen LogP contribution in [0.2, 0.25) is 0 Å². The Labute approximate surface area is 69.6 Å². The van der Waals surface area contributed by atoms with Crippen molar-refractivity contribution in [2.24, 2.45) is 0 Å². The number of carbonyl (C=O) groups is 1. The molecule has 1 rings (SSSR count).